The number of hydrogen-bond acceptors (Lipinski definition) is 3. The maximum absolute atomic E-state index is 5.23. The molecule has 7 aromatic carbocycles. The molecule has 0 atom stereocenters. The van der Waals surface area contributed by atoms with Gasteiger partial charge in [0.25, 0.3) is 0 Å². The maximum Gasteiger partial charge on any atom is 0.160 e. The molecule has 0 saturated heterocycles. The summed E-state index contributed by atoms with van der Waals surface area (Å²) in [6.07, 6.45) is 8.17. The van der Waals surface area contributed by atoms with Gasteiger partial charge in [0.1, 0.15) is 0 Å². The van der Waals surface area contributed by atoms with Crippen molar-refractivity contribution in [3.05, 3.63) is 200 Å². The standard InChI is InChI=1S/C51H36N2S/c1-3-15-34(16-4-2)41-31-42(33-43(32-41)45-27-14-20-35-17-8-9-25-44(35)45)39-23-12-21-37(29-39)38-22-13-24-40(30-38)51-52-48(36-18-6-5-7-19-36)50-49(53-51)46-26-10-11-28-47(46)54-50/h3-33H,1H2,2H3. The molecule has 0 bridgehead atoms. The first-order valence-corrected chi connectivity index (χ1v) is 19.0. The minimum atomic E-state index is 0.723. The molecule has 3 heteroatoms. The molecule has 0 amide bonds. The van der Waals surface area contributed by atoms with E-state index < -0.39 is 0 Å². The van der Waals surface area contributed by atoms with Crippen LogP contribution in [0.4, 0.5) is 0 Å². The second-order valence-electron chi connectivity index (χ2n) is 13.4. The first-order chi connectivity index (χ1) is 26.7. The highest BCUT2D eigenvalue weighted by molar-refractivity contribution is 7.26. The van der Waals surface area contributed by atoms with Crippen molar-refractivity contribution in [2.45, 2.75) is 6.92 Å². The average Bonchev–Trinajstić information content (AvgIpc) is 3.62. The average molecular weight is 709 g/mol. The second kappa shape index (κ2) is 14.4. The molecule has 0 saturated carbocycles. The molecule has 2 heterocycles. The number of aromatic nitrogens is 2. The number of allylic oxidation sites excluding steroid dienone is 5. The van der Waals surface area contributed by atoms with Gasteiger partial charge in [-0.25, -0.2) is 9.97 Å². The van der Waals surface area contributed by atoms with E-state index in [2.05, 4.69) is 189 Å². The first-order valence-electron chi connectivity index (χ1n) is 18.2. The summed E-state index contributed by atoms with van der Waals surface area (Å²) in [5, 5.41) is 3.62. The molecule has 2 nitrogen and oxygen atoms in total. The zero-order chi connectivity index (χ0) is 36.4. The number of benzene rings is 7. The zero-order valence-electron chi connectivity index (χ0n) is 29.9. The van der Waals surface area contributed by atoms with Crippen molar-refractivity contribution in [2.24, 2.45) is 0 Å². The molecule has 0 radical (unpaired) electrons. The van der Waals surface area contributed by atoms with E-state index in [1.54, 1.807) is 11.3 Å². The SMILES string of the molecule is C=CC=C(C=CC)c1cc(-c2cccc(-c3cccc(-c4nc(-c5ccccc5)c5sc6ccccc6c5n4)c3)c2)cc(-c2cccc3ccccc23)c1. The summed E-state index contributed by atoms with van der Waals surface area (Å²) < 4.78 is 2.33. The van der Waals surface area contributed by atoms with Crippen LogP contribution < -0.4 is 0 Å². The van der Waals surface area contributed by atoms with Gasteiger partial charge in [-0.3, -0.25) is 0 Å². The van der Waals surface area contributed by atoms with Gasteiger partial charge in [-0.2, -0.15) is 0 Å². The van der Waals surface area contributed by atoms with Crippen LogP contribution in [0.1, 0.15) is 12.5 Å². The van der Waals surface area contributed by atoms with Crippen molar-refractivity contribution in [1.29, 1.82) is 0 Å². The third-order valence-corrected chi connectivity index (χ3v) is 11.1. The van der Waals surface area contributed by atoms with E-state index in [1.807, 2.05) is 12.1 Å². The van der Waals surface area contributed by atoms with Crippen LogP contribution in [0, 0.1) is 0 Å². The van der Waals surface area contributed by atoms with E-state index >= 15 is 0 Å². The summed E-state index contributed by atoms with van der Waals surface area (Å²) in [7, 11) is 0. The molecule has 0 fully saturated rings. The lowest BCUT2D eigenvalue weighted by molar-refractivity contribution is 1.24. The molecule has 54 heavy (non-hydrogen) atoms. The summed E-state index contributed by atoms with van der Waals surface area (Å²) in [5.41, 5.74) is 13.2. The van der Waals surface area contributed by atoms with Crippen molar-refractivity contribution in [1.82, 2.24) is 9.97 Å². The predicted molar refractivity (Wildman–Crippen MR) is 233 cm³/mol. The van der Waals surface area contributed by atoms with Crippen LogP contribution in [-0.4, -0.2) is 9.97 Å². The van der Waals surface area contributed by atoms with Crippen molar-refractivity contribution >= 4 is 48.0 Å². The van der Waals surface area contributed by atoms with Crippen LogP contribution in [0.25, 0.3) is 92.7 Å². The van der Waals surface area contributed by atoms with E-state index in [-0.39, 0.29) is 0 Å². The third kappa shape index (κ3) is 6.25. The van der Waals surface area contributed by atoms with E-state index in [1.165, 1.54) is 26.6 Å². The van der Waals surface area contributed by atoms with Gasteiger partial charge in [0.15, 0.2) is 5.82 Å². The summed E-state index contributed by atoms with van der Waals surface area (Å²) in [6, 6.07) is 58.5. The fraction of sp³-hybridized carbons (Fsp3) is 0.0196. The smallest absolute Gasteiger partial charge is 0.160 e. The normalized spacial score (nSPS) is 11.9. The highest BCUT2D eigenvalue weighted by atomic mass is 32.1. The molecule has 0 aliphatic carbocycles. The number of nitrogens with zero attached hydrogens (tertiary/aromatic N) is 2. The Bertz CT molecular complexity index is 2910. The van der Waals surface area contributed by atoms with Crippen molar-refractivity contribution in [3.63, 3.8) is 0 Å². The largest absolute Gasteiger partial charge is 0.226 e. The lowest BCUT2D eigenvalue weighted by Gasteiger charge is -2.14. The van der Waals surface area contributed by atoms with Gasteiger partial charge in [0.05, 0.1) is 15.9 Å². The monoisotopic (exact) mass is 708 g/mol. The van der Waals surface area contributed by atoms with Gasteiger partial charge in [0.2, 0.25) is 0 Å². The number of rotatable bonds is 8. The quantitative estimate of drug-likeness (QED) is 0.147. The minimum Gasteiger partial charge on any atom is -0.226 e. The Kier molecular flexibility index (Phi) is 8.84. The molecule has 0 spiro atoms. The van der Waals surface area contributed by atoms with E-state index in [9.17, 15) is 0 Å². The van der Waals surface area contributed by atoms with Gasteiger partial charge in [0, 0.05) is 21.2 Å². The number of fused-ring (bicyclic) bond motifs is 4. The maximum atomic E-state index is 5.23. The number of hydrogen-bond donors (Lipinski definition) is 0. The summed E-state index contributed by atoms with van der Waals surface area (Å²) >= 11 is 1.76. The molecule has 256 valence electrons. The molecule has 0 unspecified atom stereocenters. The molecular weight excluding hydrogens is 673 g/mol. The molecule has 0 N–H and O–H groups in total. The Balaban J connectivity index is 1.17. The van der Waals surface area contributed by atoms with Crippen LogP contribution in [-0.2, 0) is 0 Å². The van der Waals surface area contributed by atoms with E-state index in [0.29, 0.717) is 0 Å². The molecule has 0 aliphatic rings. The van der Waals surface area contributed by atoms with Gasteiger partial charge in [-0.05, 0) is 98.6 Å². The Labute approximate surface area is 319 Å². The van der Waals surface area contributed by atoms with Gasteiger partial charge < -0.3 is 0 Å². The zero-order valence-corrected chi connectivity index (χ0v) is 30.7. The molecular formula is C51H36N2S. The Hall–Kier alpha value is -6.68. The second-order valence-corrected chi connectivity index (χ2v) is 14.4. The molecule has 9 aromatic rings. The van der Waals surface area contributed by atoms with Gasteiger partial charge in [-0.1, -0.05) is 158 Å². The number of thiophene rings is 1. The molecule has 0 aliphatic heterocycles. The molecule has 9 rings (SSSR count). The summed E-state index contributed by atoms with van der Waals surface area (Å²) in [5.74, 6) is 0.723. The van der Waals surface area contributed by atoms with Gasteiger partial charge >= 0.3 is 0 Å². The van der Waals surface area contributed by atoms with Crippen LogP contribution in [0.5, 0.6) is 0 Å². The van der Waals surface area contributed by atoms with E-state index in [0.717, 1.165) is 71.6 Å². The highest BCUT2D eigenvalue weighted by Crippen LogP contribution is 2.40. The first kappa shape index (κ1) is 33.2. The highest BCUT2D eigenvalue weighted by Gasteiger charge is 2.17. The Morgan fingerprint density at radius 3 is 1.96 bits per heavy atom. The predicted octanol–water partition coefficient (Wildman–Crippen LogP) is 14.5. The van der Waals surface area contributed by atoms with Crippen LogP contribution in [0.3, 0.4) is 0 Å². The van der Waals surface area contributed by atoms with Crippen molar-refractivity contribution in [3.8, 4) is 56.0 Å². The fourth-order valence-corrected chi connectivity index (χ4v) is 8.53. The third-order valence-electron chi connectivity index (χ3n) is 9.93. The van der Waals surface area contributed by atoms with Crippen molar-refractivity contribution in [2.75, 3.05) is 0 Å². The van der Waals surface area contributed by atoms with Crippen LogP contribution in [0.2, 0.25) is 0 Å². The van der Waals surface area contributed by atoms with Crippen LogP contribution >= 0.6 is 11.3 Å². The fourth-order valence-electron chi connectivity index (χ4n) is 7.38. The summed E-state index contributed by atoms with van der Waals surface area (Å²) in [6.45, 7) is 6.07. The van der Waals surface area contributed by atoms with Crippen molar-refractivity contribution < 1.29 is 0 Å². The Morgan fingerprint density at radius 1 is 0.556 bits per heavy atom. The van der Waals surface area contributed by atoms with Gasteiger partial charge in [-0.15, -0.1) is 11.3 Å². The lowest BCUT2D eigenvalue weighted by atomic mass is 9.90. The molecule has 2 aromatic heterocycles. The topological polar surface area (TPSA) is 25.8 Å². The Morgan fingerprint density at radius 2 is 1.17 bits per heavy atom. The summed E-state index contributed by atoms with van der Waals surface area (Å²) in [4.78, 5) is 10.5. The lowest BCUT2D eigenvalue weighted by Crippen LogP contribution is -1.94. The van der Waals surface area contributed by atoms with E-state index in [4.69, 9.17) is 9.97 Å². The van der Waals surface area contributed by atoms with Crippen LogP contribution in [0.15, 0.2) is 195 Å². The minimum absolute atomic E-state index is 0.723.